The smallest absolute Gasteiger partial charge is 0.220 e. The molecular formula is C10H18N2O6. The molecule has 0 saturated carbocycles. The van der Waals surface area contributed by atoms with E-state index in [1.807, 2.05) is 0 Å². The number of carbonyl (C=O) groups excluding carboxylic acids is 2. The minimum atomic E-state index is -1.25. The Morgan fingerprint density at radius 3 is 1.94 bits per heavy atom. The maximum absolute atomic E-state index is 10.9. The van der Waals surface area contributed by atoms with Crippen LogP contribution in [0.2, 0.25) is 0 Å². The number of carbonyl (C=O) groups is 2. The first-order chi connectivity index (χ1) is 8.36. The normalized spacial score (nSPS) is 36.3. The molecule has 0 bridgehead atoms. The van der Waals surface area contributed by atoms with E-state index in [-0.39, 0.29) is 12.8 Å². The van der Waals surface area contributed by atoms with Gasteiger partial charge in [0.25, 0.3) is 0 Å². The number of hydrogen-bond acceptors (Lipinski definition) is 6. The maximum atomic E-state index is 10.9. The molecule has 1 aliphatic heterocycles. The summed E-state index contributed by atoms with van der Waals surface area (Å²) in [6, 6.07) is 0. The molecule has 2 amide bonds. The minimum Gasteiger partial charge on any atom is -0.394 e. The Morgan fingerprint density at radius 1 is 1.00 bits per heavy atom. The SMILES string of the molecule is NC(=O)CC1O[C@H](CO)[C@@H](O)[C@@H](CC(N)=O)[C@H]1O. The van der Waals surface area contributed by atoms with E-state index in [1.54, 1.807) is 0 Å². The Hall–Kier alpha value is -1.22. The quantitative estimate of drug-likeness (QED) is 0.352. The molecule has 8 heteroatoms. The number of aliphatic hydroxyl groups is 3. The molecule has 0 radical (unpaired) electrons. The first-order valence-corrected chi connectivity index (χ1v) is 5.55. The monoisotopic (exact) mass is 262 g/mol. The lowest BCUT2D eigenvalue weighted by Crippen LogP contribution is -2.56. The van der Waals surface area contributed by atoms with Crippen LogP contribution in [0.5, 0.6) is 0 Å². The van der Waals surface area contributed by atoms with E-state index in [2.05, 4.69) is 0 Å². The van der Waals surface area contributed by atoms with Gasteiger partial charge in [0, 0.05) is 12.3 Å². The van der Waals surface area contributed by atoms with Crippen molar-refractivity contribution in [2.24, 2.45) is 17.4 Å². The summed E-state index contributed by atoms with van der Waals surface area (Å²) >= 11 is 0. The highest BCUT2D eigenvalue weighted by Crippen LogP contribution is 2.29. The Kier molecular flexibility index (Phi) is 5.03. The molecular weight excluding hydrogens is 244 g/mol. The van der Waals surface area contributed by atoms with Crippen molar-refractivity contribution in [3.63, 3.8) is 0 Å². The summed E-state index contributed by atoms with van der Waals surface area (Å²) in [6.45, 7) is -0.502. The number of primary amides is 2. The van der Waals surface area contributed by atoms with Crippen LogP contribution < -0.4 is 11.5 Å². The van der Waals surface area contributed by atoms with Crippen LogP contribution >= 0.6 is 0 Å². The van der Waals surface area contributed by atoms with E-state index in [1.165, 1.54) is 0 Å². The van der Waals surface area contributed by atoms with Crippen LogP contribution in [0.15, 0.2) is 0 Å². The average molecular weight is 262 g/mol. The second kappa shape index (κ2) is 6.10. The van der Waals surface area contributed by atoms with Crippen LogP contribution in [0.4, 0.5) is 0 Å². The van der Waals surface area contributed by atoms with Gasteiger partial charge >= 0.3 is 0 Å². The van der Waals surface area contributed by atoms with Crippen molar-refractivity contribution in [3.8, 4) is 0 Å². The van der Waals surface area contributed by atoms with E-state index in [0.717, 1.165) is 0 Å². The second-order valence-electron chi connectivity index (χ2n) is 4.38. The van der Waals surface area contributed by atoms with Gasteiger partial charge in [-0.1, -0.05) is 0 Å². The molecule has 0 aromatic carbocycles. The van der Waals surface area contributed by atoms with Crippen LogP contribution in [0.3, 0.4) is 0 Å². The Labute approximate surface area is 104 Å². The zero-order valence-corrected chi connectivity index (χ0v) is 9.73. The number of nitrogens with two attached hydrogens (primary N) is 2. The molecule has 18 heavy (non-hydrogen) atoms. The maximum Gasteiger partial charge on any atom is 0.220 e. The molecule has 7 N–H and O–H groups in total. The highest BCUT2D eigenvalue weighted by Gasteiger charge is 2.44. The lowest BCUT2D eigenvalue weighted by molar-refractivity contribution is -0.211. The molecule has 0 spiro atoms. The summed E-state index contributed by atoms with van der Waals surface area (Å²) in [6.07, 6.45) is -4.96. The van der Waals surface area contributed by atoms with E-state index in [9.17, 15) is 19.8 Å². The molecule has 8 nitrogen and oxygen atoms in total. The standard InChI is InChI=1S/C10H18N2O6/c11-7(14)1-4-9(16)5(2-8(12)15)18-6(3-13)10(4)17/h4-6,9-10,13,16-17H,1-3H2,(H2,11,14)(H2,12,15)/t4-,5?,6+,9+,10-/m0/s1. The first kappa shape index (κ1) is 14.8. The largest absolute Gasteiger partial charge is 0.394 e. The van der Waals surface area contributed by atoms with Gasteiger partial charge in [0.1, 0.15) is 6.10 Å². The molecule has 1 fully saturated rings. The zero-order chi connectivity index (χ0) is 13.9. The summed E-state index contributed by atoms with van der Waals surface area (Å²) in [7, 11) is 0. The topological polar surface area (TPSA) is 156 Å². The van der Waals surface area contributed by atoms with Crippen molar-refractivity contribution in [1.29, 1.82) is 0 Å². The highest BCUT2D eigenvalue weighted by molar-refractivity contribution is 5.75. The lowest BCUT2D eigenvalue weighted by Gasteiger charge is -2.41. The third kappa shape index (κ3) is 3.39. The Balaban J connectivity index is 2.84. The van der Waals surface area contributed by atoms with Gasteiger partial charge < -0.3 is 31.5 Å². The number of aliphatic hydroxyl groups excluding tert-OH is 3. The van der Waals surface area contributed by atoms with Gasteiger partial charge in [-0.15, -0.1) is 0 Å². The molecule has 1 aliphatic rings. The molecule has 1 heterocycles. The fourth-order valence-corrected chi connectivity index (χ4v) is 2.13. The van der Waals surface area contributed by atoms with Gasteiger partial charge in [0.15, 0.2) is 0 Å². The van der Waals surface area contributed by atoms with E-state index in [4.69, 9.17) is 21.3 Å². The van der Waals surface area contributed by atoms with Crippen molar-refractivity contribution in [2.75, 3.05) is 6.61 Å². The summed E-state index contributed by atoms with van der Waals surface area (Å²) in [5.74, 6) is -2.28. The van der Waals surface area contributed by atoms with Gasteiger partial charge in [-0.3, -0.25) is 9.59 Å². The van der Waals surface area contributed by atoms with Gasteiger partial charge in [0.2, 0.25) is 11.8 Å². The third-order valence-corrected chi connectivity index (χ3v) is 3.01. The molecule has 1 saturated heterocycles. The molecule has 104 valence electrons. The first-order valence-electron chi connectivity index (χ1n) is 5.55. The third-order valence-electron chi connectivity index (χ3n) is 3.01. The average Bonchev–Trinajstić information content (AvgIpc) is 2.27. The minimum absolute atomic E-state index is 0.264. The Morgan fingerprint density at radius 2 is 1.50 bits per heavy atom. The van der Waals surface area contributed by atoms with E-state index < -0.39 is 48.8 Å². The fourth-order valence-electron chi connectivity index (χ4n) is 2.13. The van der Waals surface area contributed by atoms with Crippen molar-refractivity contribution >= 4 is 11.8 Å². The highest BCUT2D eigenvalue weighted by atomic mass is 16.5. The summed E-state index contributed by atoms with van der Waals surface area (Å²) in [5.41, 5.74) is 10.0. The van der Waals surface area contributed by atoms with Crippen molar-refractivity contribution in [2.45, 2.75) is 37.3 Å². The number of ether oxygens (including phenoxy) is 1. The van der Waals surface area contributed by atoms with E-state index in [0.29, 0.717) is 0 Å². The van der Waals surface area contributed by atoms with Crippen LogP contribution in [-0.4, -0.2) is 58.2 Å². The van der Waals surface area contributed by atoms with Gasteiger partial charge in [0.05, 0.1) is 31.3 Å². The summed E-state index contributed by atoms with van der Waals surface area (Å²) < 4.78 is 5.18. The predicted molar refractivity (Wildman–Crippen MR) is 58.9 cm³/mol. The molecule has 5 atom stereocenters. The van der Waals surface area contributed by atoms with Crippen molar-refractivity contribution in [3.05, 3.63) is 0 Å². The summed E-state index contributed by atoms with van der Waals surface area (Å²) in [5, 5.41) is 28.8. The number of rotatable bonds is 5. The van der Waals surface area contributed by atoms with Crippen molar-refractivity contribution < 1.29 is 29.6 Å². The van der Waals surface area contributed by atoms with Gasteiger partial charge in [-0.25, -0.2) is 0 Å². The van der Waals surface area contributed by atoms with Gasteiger partial charge in [-0.2, -0.15) is 0 Å². The van der Waals surface area contributed by atoms with Crippen LogP contribution in [0.1, 0.15) is 12.8 Å². The Bertz CT molecular complexity index is 323. The summed E-state index contributed by atoms with van der Waals surface area (Å²) in [4.78, 5) is 21.7. The van der Waals surface area contributed by atoms with Crippen LogP contribution in [0.25, 0.3) is 0 Å². The van der Waals surface area contributed by atoms with E-state index >= 15 is 0 Å². The zero-order valence-electron chi connectivity index (χ0n) is 9.73. The number of hydrogen-bond donors (Lipinski definition) is 5. The predicted octanol–water partition coefficient (Wildman–Crippen LogP) is -3.17. The van der Waals surface area contributed by atoms with Crippen LogP contribution in [-0.2, 0) is 14.3 Å². The molecule has 0 aromatic heterocycles. The number of amides is 2. The van der Waals surface area contributed by atoms with Crippen molar-refractivity contribution in [1.82, 2.24) is 0 Å². The fraction of sp³-hybridized carbons (Fsp3) is 0.800. The molecule has 0 aromatic rings. The molecule has 1 rings (SSSR count). The van der Waals surface area contributed by atoms with Gasteiger partial charge in [-0.05, 0) is 0 Å². The molecule has 1 unspecified atom stereocenters. The van der Waals surface area contributed by atoms with Crippen LogP contribution in [0, 0.1) is 5.92 Å². The lowest BCUT2D eigenvalue weighted by atomic mass is 9.82. The molecule has 0 aliphatic carbocycles. The second-order valence-corrected chi connectivity index (χ2v) is 4.38.